The summed E-state index contributed by atoms with van der Waals surface area (Å²) in [6.07, 6.45) is -2.73. The number of hydrogen-bond acceptors (Lipinski definition) is 3. The zero-order valence-corrected chi connectivity index (χ0v) is 14.0. The molecule has 1 atom stereocenters. The lowest BCUT2D eigenvalue weighted by Crippen LogP contribution is -2.45. The van der Waals surface area contributed by atoms with Gasteiger partial charge in [-0.2, -0.15) is 17.5 Å². The Hall–Kier alpha value is -1.61. The quantitative estimate of drug-likeness (QED) is 0.892. The first kappa shape index (κ1) is 18.7. The number of nitrogens with zero attached hydrogens (tertiary/aromatic N) is 1. The number of alkyl halides is 3. The number of benzene rings is 1. The molecule has 1 aromatic rings. The molecule has 0 radical (unpaired) electrons. The Labute approximate surface area is 138 Å². The molecule has 1 aromatic carbocycles. The first-order chi connectivity index (χ1) is 11.2. The van der Waals surface area contributed by atoms with Gasteiger partial charge < -0.3 is 5.32 Å². The van der Waals surface area contributed by atoms with Crippen molar-refractivity contribution in [2.24, 2.45) is 0 Å². The van der Waals surface area contributed by atoms with Gasteiger partial charge in [-0.3, -0.25) is 4.79 Å². The highest BCUT2D eigenvalue weighted by Gasteiger charge is 2.36. The third-order valence-electron chi connectivity index (χ3n) is 4.04. The van der Waals surface area contributed by atoms with Crippen molar-refractivity contribution in [1.29, 1.82) is 0 Å². The molecule has 0 saturated carbocycles. The smallest absolute Gasteiger partial charge is 0.359 e. The molecule has 1 aliphatic heterocycles. The molecule has 2 rings (SSSR count). The Kier molecular flexibility index (Phi) is 5.54. The summed E-state index contributed by atoms with van der Waals surface area (Å²) in [7, 11) is -2.64. The van der Waals surface area contributed by atoms with E-state index < -0.39 is 32.7 Å². The number of amides is 1. The van der Waals surface area contributed by atoms with E-state index in [0.29, 0.717) is 18.9 Å². The van der Waals surface area contributed by atoms with Crippen molar-refractivity contribution >= 4 is 15.9 Å². The predicted octanol–water partition coefficient (Wildman–Crippen LogP) is 2.38. The molecule has 1 fully saturated rings. The number of halogens is 3. The third kappa shape index (κ3) is 4.07. The number of sulfonamides is 1. The van der Waals surface area contributed by atoms with Crippen molar-refractivity contribution in [3.8, 4) is 0 Å². The topological polar surface area (TPSA) is 66.5 Å². The van der Waals surface area contributed by atoms with Crippen molar-refractivity contribution < 1.29 is 26.4 Å². The van der Waals surface area contributed by atoms with Crippen molar-refractivity contribution in [1.82, 2.24) is 9.62 Å². The van der Waals surface area contributed by atoms with E-state index in [-0.39, 0.29) is 18.9 Å². The molecule has 9 heteroatoms. The summed E-state index contributed by atoms with van der Waals surface area (Å²) in [4.78, 5) is 11.2. The largest absolute Gasteiger partial charge is 0.416 e. The van der Waals surface area contributed by atoms with Crippen LogP contribution in [0.5, 0.6) is 0 Å². The second kappa shape index (κ2) is 7.10. The SMILES string of the molecule is CNC(=O)CC1CCCCN1S(=O)(=O)c1cccc(C(F)(F)F)c1. The highest BCUT2D eigenvalue weighted by atomic mass is 32.2. The minimum absolute atomic E-state index is 0.00527. The van der Waals surface area contributed by atoms with E-state index in [1.807, 2.05) is 0 Å². The van der Waals surface area contributed by atoms with Crippen LogP contribution in [0, 0.1) is 0 Å². The van der Waals surface area contributed by atoms with E-state index in [4.69, 9.17) is 0 Å². The molecule has 0 spiro atoms. The fraction of sp³-hybridized carbons (Fsp3) is 0.533. The van der Waals surface area contributed by atoms with Crippen molar-refractivity contribution in [2.45, 2.75) is 42.8 Å². The van der Waals surface area contributed by atoms with Gasteiger partial charge in [-0.05, 0) is 31.0 Å². The average molecular weight is 364 g/mol. The van der Waals surface area contributed by atoms with E-state index in [9.17, 15) is 26.4 Å². The zero-order valence-electron chi connectivity index (χ0n) is 13.1. The van der Waals surface area contributed by atoms with Crippen LogP contribution in [0.15, 0.2) is 29.2 Å². The maximum atomic E-state index is 12.8. The molecule has 1 N–H and O–H groups in total. The summed E-state index contributed by atoms with van der Waals surface area (Å²) in [5.74, 6) is -0.300. The minimum atomic E-state index is -4.62. The first-order valence-electron chi connectivity index (χ1n) is 7.56. The molecular weight excluding hydrogens is 345 g/mol. The lowest BCUT2D eigenvalue weighted by molar-refractivity contribution is -0.137. The molecule has 134 valence electrons. The number of rotatable bonds is 4. The molecule has 0 aliphatic carbocycles. The standard InChI is InChI=1S/C15H19F3N2O3S/c1-19-14(21)10-12-6-2-3-8-20(12)24(22,23)13-7-4-5-11(9-13)15(16,17)18/h4-5,7,9,12H,2-3,6,8,10H2,1H3,(H,19,21). The highest BCUT2D eigenvalue weighted by Crippen LogP contribution is 2.32. The van der Waals surface area contributed by atoms with Gasteiger partial charge in [0, 0.05) is 26.1 Å². The van der Waals surface area contributed by atoms with Gasteiger partial charge in [-0.25, -0.2) is 8.42 Å². The Balaban J connectivity index is 2.35. The predicted molar refractivity (Wildman–Crippen MR) is 81.7 cm³/mol. The number of hydrogen-bond donors (Lipinski definition) is 1. The molecule has 0 aromatic heterocycles. The van der Waals surface area contributed by atoms with E-state index in [1.54, 1.807) is 0 Å². The van der Waals surface area contributed by atoms with E-state index >= 15 is 0 Å². The van der Waals surface area contributed by atoms with Crippen molar-refractivity contribution in [3.05, 3.63) is 29.8 Å². The Morgan fingerprint density at radius 3 is 2.67 bits per heavy atom. The van der Waals surface area contributed by atoms with Crippen LogP contribution in [-0.2, 0) is 21.0 Å². The van der Waals surface area contributed by atoms with Crippen LogP contribution in [0.4, 0.5) is 13.2 Å². The second-order valence-electron chi connectivity index (χ2n) is 5.67. The monoisotopic (exact) mass is 364 g/mol. The Morgan fingerprint density at radius 1 is 1.33 bits per heavy atom. The highest BCUT2D eigenvalue weighted by molar-refractivity contribution is 7.89. The van der Waals surface area contributed by atoms with E-state index in [0.717, 1.165) is 28.9 Å². The lowest BCUT2D eigenvalue weighted by Gasteiger charge is -2.34. The van der Waals surface area contributed by atoms with Gasteiger partial charge in [0.05, 0.1) is 10.5 Å². The third-order valence-corrected chi connectivity index (χ3v) is 5.99. The van der Waals surface area contributed by atoms with Gasteiger partial charge in [0.25, 0.3) is 0 Å². The van der Waals surface area contributed by atoms with E-state index in [1.165, 1.54) is 7.05 Å². The minimum Gasteiger partial charge on any atom is -0.359 e. The van der Waals surface area contributed by atoms with Crippen LogP contribution in [0.3, 0.4) is 0 Å². The van der Waals surface area contributed by atoms with Gasteiger partial charge in [0.2, 0.25) is 15.9 Å². The van der Waals surface area contributed by atoms with Crippen LogP contribution < -0.4 is 5.32 Å². The summed E-state index contributed by atoms with van der Waals surface area (Å²) in [5.41, 5.74) is -1.01. The first-order valence-corrected chi connectivity index (χ1v) is 9.00. The molecule has 0 bridgehead atoms. The summed E-state index contributed by atoms with van der Waals surface area (Å²) in [6, 6.07) is 3.15. The normalized spacial score (nSPS) is 19.9. The molecule has 1 aliphatic rings. The van der Waals surface area contributed by atoms with Crippen LogP contribution in [0.25, 0.3) is 0 Å². The molecule has 1 heterocycles. The summed E-state index contributed by atoms with van der Waals surface area (Å²) in [5, 5.41) is 2.44. The number of piperidine rings is 1. The summed E-state index contributed by atoms with van der Waals surface area (Å²) < 4.78 is 65.2. The molecular formula is C15H19F3N2O3S. The van der Waals surface area contributed by atoms with Crippen molar-refractivity contribution in [2.75, 3.05) is 13.6 Å². The van der Waals surface area contributed by atoms with Gasteiger partial charge in [0.1, 0.15) is 0 Å². The van der Waals surface area contributed by atoms with Crippen LogP contribution >= 0.6 is 0 Å². The molecule has 1 unspecified atom stereocenters. The van der Waals surface area contributed by atoms with Gasteiger partial charge in [-0.15, -0.1) is 0 Å². The molecule has 5 nitrogen and oxygen atoms in total. The fourth-order valence-corrected chi connectivity index (χ4v) is 4.52. The maximum Gasteiger partial charge on any atom is 0.416 e. The summed E-state index contributed by atoms with van der Waals surface area (Å²) in [6.45, 7) is 0.195. The van der Waals surface area contributed by atoms with E-state index in [2.05, 4.69) is 5.32 Å². The second-order valence-corrected chi connectivity index (χ2v) is 7.56. The van der Waals surface area contributed by atoms with Crippen LogP contribution in [-0.4, -0.2) is 38.3 Å². The van der Waals surface area contributed by atoms with Crippen LogP contribution in [0.2, 0.25) is 0 Å². The molecule has 1 saturated heterocycles. The number of nitrogens with one attached hydrogen (secondary N) is 1. The number of carbonyl (C=O) groups is 1. The number of carbonyl (C=O) groups excluding carboxylic acids is 1. The Bertz CT molecular complexity index is 704. The average Bonchev–Trinajstić information content (AvgIpc) is 2.54. The fourth-order valence-electron chi connectivity index (χ4n) is 2.78. The van der Waals surface area contributed by atoms with Gasteiger partial charge in [0.15, 0.2) is 0 Å². The van der Waals surface area contributed by atoms with Gasteiger partial charge in [-0.1, -0.05) is 12.5 Å². The van der Waals surface area contributed by atoms with Crippen molar-refractivity contribution in [3.63, 3.8) is 0 Å². The lowest BCUT2D eigenvalue weighted by atomic mass is 10.0. The van der Waals surface area contributed by atoms with Gasteiger partial charge >= 0.3 is 6.18 Å². The molecule has 1 amide bonds. The molecule has 24 heavy (non-hydrogen) atoms. The zero-order chi connectivity index (χ0) is 18.0. The Morgan fingerprint density at radius 2 is 2.04 bits per heavy atom. The van der Waals surface area contributed by atoms with Crippen LogP contribution in [0.1, 0.15) is 31.2 Å². The maximum absolute atomic E-state index is 12.8. The summed E-state index contributed by atoms with van der Waals surface area (Å²) >= 11 is 0.